The zero-order valence-corrected chi connectivity index (χ0v) is 26.7. The minimum atomic E-state index is -1.35. The van der Waals surface area contributed by atoms with Crippen molar-refractivity contribution >= 4 is 29.8 Å². The van der Waals surface area contributed by atoms with E-state index in [1.54, 1.807) is 45.0 Å². The van der Waals surface area contributed by atoms with E-state index in [0.29, 0.717) is 42.9 Å². The van der Waals surface area contributed by atoms with Crippen molar-refractivity contribution in [3.05, 3.63) is 29.8 Å². The molecule has 1 heterocycles. The number of carboxylic acids is 1. The lowest BCUT2D eigenvalue weighted by atomic mass is 10.0. The molecule has 2 aliphatic rings. The predicted octanol–water partition coefficient (Wildman–Crippen LogP) is 3.63. The lowest BCUT2D eigenvalue weighted by molar-refractivity contribution is -0.145. The number of aliphatic carboxylic acids is 1. The molecule has 12 nitrogen and oxygen atoms in total. The fraction of sp³-hybridized carbons (Fsp3) is 0.656. The third-order valence-electron chi connectivity index (χ3n) is 7.86. The molecular weight excluding hydrogens is 568 g/mol. The second-order valence-electron chi connectivity index (χ2n) is 13.2. The number of alkyl carbamates (subject to hydrolysis) is 1. The van der Waals surface area contributed by atoms with Gasteiger partial charge in [0, 0.05) is 18.2 Å². The van der Waals surface area contributed by atoms with Crippen molar-refractivity contribution in [1.29, 1.82) is 0 Å². The summed E-state index contributed by atoms with van der Waals surface area (Å²) in [5.41, 5.74) is -1.75. The lowest BCUT2D eigenvalue weighted by Gasteiger charge is -2.30. The number of ether oxygens (including phenoxy) is 2. The molecule has 1 aliphatic heterocycles. The number of nitrogens with zero attached hydrogens (tertiary/aromatic N) is 1. The van der Waals surface area contributed by atoms with Gasteiger partial charge in [-0.2, -0.15) is 0 Å². The van der Waals surface area contributed by atoms with E-state index >= 15 is 0 Å². The van der Waals surface area contributed by atoms with Crippen molar-refractivity contribution in [2.75, 3.05) is 13.7 Å². The van der Waals surface area contributed by atoms with Crippen molar-refractivity contribution in [2.24, 2.45) is 5.92 Å². The first-order chi connectivity index (χ1) is 20.6. The Morgan fingerprint density at radius 1 is 1.02 bits per heavy atom. The highest BCUT2D eigenvalue weighted by Gasteiger charge is 2.54. The second kappa shape index (κ2) is 14.8. The average Bonchev–Trinajstić information content (AvgIpc) is 3.61. The molecule has 0 bridgehead atoms. The molecule has 1 saturated carbocycles. The monoisotopic (exact) mass is 616 g/mol. The Bertz CT molecular complexity index is 1190. The van der Waals surface area contributed by atoms with Crippen LogP contribution in [-0.4, -0.2) is 82.7 Å². The van der Waals surface area contributed by atoms with E-state index in [1.165, 1.54) is 12.0 Å². The maximum absolute atomic E-state index is 14.1. The standard InChI is InChI=1S/C32H48N4O8/c1-20(2)10-8-7-9-11-24(34-30(42)44-31(3,4)5)28(39)36-19-22(33-26(37)21-12-14-23(43-6)15-13-21)18-25(36)27(38)35-32(16-17-32)29(40)41/h12-15,20,22,24-25H,7-11,16-19H2,1-6H3,(H,33,37)(H,34,42)(H,35,38)(H,40,41)/t22-,24+,25+/m1/s1. The molecule has 0 spiro atoms. The van der Waals surface area contributed by atoms with Crippen LogP contribution in [-0.2, 0) is 19.1 Å². The molecule has 0 unspecified atom stereocenters. The second-order valence-corrected chi connectivity index (χ2v) is 13.2. The summed E-state index contributed by atoms with van der Waals surface area (Å²) in [6.07, 6.45) is 3.84. The van der Waals surface area contributed by atoms with Gasteiger partial charge in [-0.3, -0.25) is 14.4 Å². The van der Waals surface area contributed by atoms with Crippen molar-refractivity contribution < 1.29 is 38.6 Å². The molecule has 3 rings (SSSR count). The number of rotatable bonds is 14. The van der Waals surface area contributed by atoms with Gasteiger partial charge >= 0.3 is 12.1 Å². The number of benzene rings is 1. The number of carbonyl (C=O) groups excluding carboxylic acids is 4. The largest absolute Gasteiger partial charge is 0.497 e. The first-order valence-corrected chi connectivity index (χ1v) is 15.4. The number of methoxy groups -OCH3 is 1. The lowest BCUT2D eigenvalue weighted by Crippen LogP contribution is -2.56. The smallest absolute Gasteiger partial charge is 0.408 e. The molecule has 244 valence electrons. The van der Waals surface area contributed by atoms with Gasteiger partial charge in [0.2, 0.25) is 11.8 Å². The quantitative estimate of drug-likeness (QED) is 0.230. The first-order valence-electron chi connectivity index (χ1n) is 15.4. The fourth-order valence-electron chi connectivity index (χ4n) is 5.27. The van der Waals surface area contributed by atoms with Crippen LogP contribution in [0.3, 0.4) is 0 Å². The Kier molecular flexibility index (Phi) is 11.6. The van der Waals surface area contributed by atoms with E-state index in [1.807, 2.05) is 0 Å². The topological polar surface area (TPSA) is 163 Å². The Labute approximate surface area is 259 Å². The Balaban J connectivity index is 1.80. The Morgan fingerprint density at radius 3 is 2.20 bits per heavy atom. The van der Waals surface area contributed by atoms with Gasteiger partial charge in [-0.25, -0.2) is 9.59 Å². The van der Waals surface area contributed by atoms with E-state index in [9.17, 15) is 29.1 Å². The SMILES string of the molecule is COc1ccc(C(=O)N[C@@H]2C[C@@H](C(=O)NC3(C(=O)O)CC3)N(C(=O)[C@H](CCCCCC(C)C)NC(=O)OC(C)(C)C)C2)cc1. The predicted molar refractivity (Wildman–Crippen MR) is 163 cm³/mol. The molecule has 0 radical (unpaired) electrons. The van der Waals surface area contributed by atoms with Crippen LogP contribution in [0.4, 0.5) is 4.79 Å². The Morgan fingerprint density at radius 2 is 1.66 bits per heavy atom. The van der Waals surface area contributed by atoms with Crippen molar-refractivity contribution in [2.45, 2.75) is 115 Å². The molecule has 4 N–H and O–H groups in total. The molecular formula is C32H48N4O8. The minimum absolute atomic E-state index is 0.0126. The van der Waals surface area contributed by atoms with Gasteiger partial charge < -0.3 is 35.4 Å². The van der Waals surface area contributed by atoms with Gasteiger partial charge in [-0.15, -0.1) is 0 Å². The summed E-state index contributed by atoms with van der Waals surface area (Å²) in [5.74, 6) is -1.45. The van der Waals surface area contributed by atoms with Crippen LogP contribution in [0, 0.1) is 5.92 Å². The van der Waals surface area contributed by atoms with Gasteiger partial charge in [0.1, 0.15) is 29.0 Å². The van der Waals surface area contributed by atoms with Gasteiger partial charge in [0.25, 0.3) is 5.91 Å². The van der Waals surface area contributed by atoms with Gasteiger partial charge in [0.15, 0.2) is 0 Å². The molecule has 1 saturated heterocycles. The normalized spacial score (nSPS) is 19.6. The number of unbranched alkanes of at least 4 members (excludes halogenated alkanes) is 2. The molecule has 12 heteroatoms. The number of carboxylic acid groups (broad SMARTS) is 1. The summed E-state index contributed by atoms with van der Waals surface area (Å²) in [5, 5.41) is 17.9. The summed E-state index contributed by atoms with van der Waals surface area (Å²) in [7, 11) is 1.52. The van der Waals surface area contributed by atoms with Crippen LogP contribution < -0.4 is 20.7 Å². The van der Waals surface area contributed by atoms with Crippen LogP contribution >= 0.6 is 0 Å². The van der Waals surface area contributed by atoms with E-state index in [2.05, 4.69) is 29.8 Å². The van der Waals surface area contributed by atoms with Crippen molar-refractivity contribution in [3.63, 3.8) is 0 Å². The molecule has 2 fully saturated rings. The number of likely N-dealkylation sites (tertiary alicyclic amines) is 1. The number of carbonyl (C=O) groups is 5. The zero-order chi connectivity index (χ0) is 32.7. The highest BCUT2D eigenvalue weighted by Crippen LogP contribution is 2.36. The van der Waals surface area contributed by atoms with Crippen LogP contribution in [0.25, 0.3) is 0 Å². The zero-order valence-electron chi connectivity index (χ0n) is 26.7. The van der Waals surface area contributed by atoms with Crippen molar-refractivity contribution in [1.82, 2.24) is 20.9 Å². The van der Waals surface area contributed by atoms with Crippen LogP contribution in [0.5, 0.6) is 5.75 Å². The maximum atomic E-state index is 14.1. The number of hydrogen-bond acceptors (Lipinski definition) is 7. The summed E-state index contributed by atoms with van der Waals surface area (Å²) in [4.78, 5) is 66.5. The summed E-state index contributed by atoms with van der Waals surface area (Å²) in [6, 6.07) is 3.95. The molecule has 44 heavy (non-hydrogen) atoms. The highest BCUT2D eigenvalue weighted by atomic mass is 16.6. The third kappa shape index (κ3) is 9.85. The van der Waals surface area contributed by atoms with Crippen LogP contribution in [0.2, 0.25) is 0 Å². The summed E-state index contributed by atoms with van der Waals surface area (Å²) >= 11 is 0. The minimum Gasteiger partial charge on any atom is -0.497 e. The maximum Gasteiger partial charge on any atom is 0.408 e. The third-order valence-corrected chi connectivity index (χ3v) is 7.86. The summed E-state index contributed by atoms with van der Waals surface area (Å²) < 4.78 is 10.6. The van der Waals surface area contributed by atoms with Gasteiger partial charge in [-0.05, 0) is 76.6 Å². The molecule has 0 aromatic heterocycles. The fourth-order valence-corrected chi connectivity index (χ4v) is 5.27. The van der Waals surface area contributed by atoms with Crippen molar-refractivity contribution in [3.8, 4) is 5.75 Å². The molecule has 4 amide bonds. The first kappa shape index (κ1) is 34.7. The van der Waals surface area contributed by atoms with E-state index in [4.69, 9.17) is 9.47 Å². The highest BCUT2D eigenvalue weighted by molar-refractivity contribution is 5.97. The van der Waals surface area contributed by atoms with Gasteiger partial charge in [-0.1, -0.05) is 39.5 Å². The average molecular weight is 617 g/mol. The van der Waals surface area contributed by atoms with E-state index < -0.39 is 53.1 Å². The summed E-state index contributed by atoms with van der Waals surface area (Å²) in [6.45, 7) is 9.48. The Hall–Kier alpha value is -3.83. The molecule has 1 aliphatic carbocycles. The number of hydrogen-bond donors (Lipinski definition) is 4. The number of amides is 4. The van der Waals surface area contributed by atoms with Crippen LogP contribution in [0.15, 0.2) is 24.3 Å². The van der Waals surface area contributed by atoms with E-state index in [0.717, 1.165) is 19.3 Å². The molecule has 1 aromatic rings. The van der Waals surface area contributed by atoms with Crippen LogP contribution in [0.1, 0.15) is 96.3 Å². The number of nitrogens with one attached hydrogen (secondary N) is 3. The van der Waals surface area contributed by atoms with E-state index in [-0.39, 0.29) is 18.9 Å². The molecule has 3 atom stereocenters. The molecule has 1 aromatic carbocycles. The van der Waals surface area contributed by atoms with Gasteiger partial charge in [0.05, 0.1) is 7.11 Å².